The van der Waals surface area contributed by atoms with Gasteiger partial charge in [-0.1, -0.05) is 35.9 Å². The number of sulfonamides is 1. The van der Waals surface area contributed by atoms with Gasteiger partial charge in [0.2, 0.25) is 16.3 Å². The van der Waals surface area contributed by atoms with E-state index in [9.17, 15) is 22.7 Å². The number of halogens is 2. The molecule has 0 saturated heterocycles. The first-order valence-electron chi connectivity index (χ1n) is 13.2. The largest absolute Gasteiger partial charge is 0.497 e. The molecule has 1 amide bonds. The monoisotopic (exact) mass is 618 g/mol. The molecule has 1 heterocycles. The number of carbonyl (C=O) groups is 1. The molecule has 0 aliphatic carbocycles. The molecule has 3 aromatic carbocycles. The van der Waals surface area contributed by atoms with Gasteiger partial charge in [-0.05, 0) is 65.7 Å². The van der Waals surface area contributed by atoms with E-state index >= 15 is 0 Å². The van der Waals surface area contributed by atoms with Crippen LogP contribution in [0.1, 0.15) is 23.5 Å². The number of benzene rings is 3. The van der Waals surface area contributed by atoms with Crippen molar-refractivity contribution in [1.29, 1.82) is 0 Å². The number of methoxy groups -OCH3 is 1. The zero-order valence-electron chi connectivity index (χ0n) is 22.9. The summed E-state index contributed by atoms with van der Waals surface area (Å²) in [6.45, 7) is -0.465. The van der Waals surface area contributed by atoms with Gasteiger partial charge in [-0.2, -0.15) is 4.31 Å². The lowest BCUT2D eigenvalue weighted by molar-refractivity contribution is -0.146. The summed E-state index contributed by atoms with van der Waals surface area (Å²) in [6, 6.07) is 18.9. The second-order valence-corrected chi connectivity index (χ2v) is 11.8. The molecule has 0 radical (unpaired) electrons. The fourth-order valence-electron chi connectivity index (χ4n) is 4.38. The first-order valence-corrected chi connectivity index (χ1v) is 15.0. The molecular formula is C30H32ClFN2O7S. The average Bonchev–Trinajstić information content (AvgIpc) is 3.00. The van der Waals surface area contributed by atoms with Gasteiger partial charge < -0.3 is 24.6 Å². The van der Waals surface area contributed by atoms with Gasteiger partial charge in [0.05, 0.1) is 25.2 Å². The van der Waals surface area contributed by atoms with Crippen molar-refractivity contribution in [2.75, 3.05) is 33.4 Å². The Hall–Kier alpha value is -3.48. The predicted molar refractivity (Wildman–Crippen MR) is 155 cm³/mol. The molecule has 0 bridgehead atoms. The summed E-state index contributed by atoms with van der Waals surface area (Å²) in [6.07, 6.45) is 1.21. The van der Waals surface area contributed by atoms with E-state index in [2.05, 4.69) is 5.32 Å². The Morgan fingerprint density at radius 3 is 2.40 bits per heavy atom. The van der Waals surface area contributed by atoms with Crippen LogP contribution in [0.15, 0.2) is 89.5 Å². The fraction of sp³-hybridized carbons (Fsp3) is 0.300. The van der Waals surface area contributed by atoms with Gasteiger partial charge in [0.1, 0.15) is 11.6 Å². The molecule has 0 unspecified atom stereocenters. The molecule has 0 fully saturated rings. The molecule has 3 aromatic rings. The van der Waals surface area contributed by atoms with Crippen LogP contribution in [0, 0.1) is 5.82 Å². The highest BCUT2D eigenvalue weighted by atomic mass is 35.5. The number of amides is 1. The first-order chi connectivity index (χ1) is 20.2. The van der Waals surface area contributed by atoms with Crippen molar-refractivity contribution in [3.05, 3.63) is 107 Å². The van der Waals surface area contributed by atoms with E-state index in [0.29, 0.717) is 22.8 Å². The topological polar surface area (TPSA) is 114 Å². The summed E-state index contributed by atoms with van der Waals surface area (Å²) >= 11 is 6.06. The maximum Gasteiger partial charge on any atom is 0.286 e. The summed E-state index contributed by atoms with van der Waals surface area (Å²) < 4.78 is 57.7. The van der Waals surface area contributed by atoms with Crippen LogP contribution in [0.5, 0.6) is 5.75 Å². The third-order valence-corrected chi connectivity index (χ3v) is 8.80. The van der Waals surface area contributed by atoms with Crippen molar-refractivity contribution in [1.82, 2.24) is 9.62 Å². The Kier molecular flexibility index (Phi) is 10.9. The van der Waals surface area contributed by atoms with Gasteiger partial charge in [0.15, 0.2) is 5.76 Å². The number of aliphatic hydroxyl groups excluding tert-OH is 1. The number of rotatable bonds is 13. The average molecular weight is 619 g/mol. The van der Waals surface area contributed by atoms with E-state index in [-0.39, 0.29) is 55.2 Å². The van der Waals surface area contributed by atoms with Crippen molar-refractivity contribution in [3.8, 4) is 5.75 Å². The minimum absolute atomic E-state index is 0.0476. The highest BCUT2D eigenvalue weighted by Gasteiger charge is 2.30. The molecule has 12 heteroatoms. The van der Waals surface area contributed by atoms with E-state index in [1.807, 2.05) is 12.1 Å². The van der Waals surface area contributed by atoms with Crippen LogP contribution in [-0.4, -0.2) is 63.4 Å². The van der Waals surface area contributed by atoms with Crippen LogP contribution in [0.4, 0.5) is 4.39 Å². The summed E-state index contributed by atoms with van der Waals surface area (Å²) in [4.78, 5) is 13.1. The molecule has 2 atom stereocenters. The van der Waals surface area contributed by atoms with E-state index in [4.69, 9.17) is 25.8 Å². The Morgan fingerprint density at radius 1 is 1.07 bits per heavy atom. The Balaban J connectivity index is 1.44. The Morgan fingerprint density at radius 2 is 1.76 bits per heavy atom. The minimum atomic E-state index is -3.92. The molecule has 0 aromatic heterocycles. The highest BCUT2D eigenvalue weighted by molar-refractivity contribution is 7.89. The van der Waals surface area contributed by atoms with Crippen LogP contribution in [-0.2, 0) is 30.8 Å². The normalized spacial score (nSPS) is 16.9. The summed E-state index contributed by atoms with van der Waals surface area (Å²) in [7, 11) is -2.44. The number of nitrogens with one attached hydrogen (secondary N) is 1. The molecule has 0 spiro atoms. The van der Waals surface area contributed by atoms with Crippen LogP contribution >= 0.6 is 11.6 Å². The summed E-state index contributed by atoms with van der Waals surface area (Å²) in [5.74, 6) is -0.532. The van der Waals surface area contributed by atoms with Crippen LogP contribution in [0.2, 0.25) is 5.02 Å². The van der Waals surface area contributed by atoms with Crippen molar-refractivity contribution in [3.63, 3.8) is 0 Å². The number of allylic oxidation sites excluding steroid dienone is 1. The third kappa shape index (κ3) is 8.30. The van der Waals surface area contributed by atoms with Gasteiger partial charge in [-0.15, -0.1) is 0 Å². The second kappa shape index (κ2) is 14.6. The Bertz CT molecular complexity index is 1470. The van der Waals surface area contributed by atoms with Crippen molar-refractivity contribution < 1.29 is 36.9 Å². The molecule has 1 aliphatic heterocycles. The molecular weight excluding hydrogens is 587 g/mol. The molecule has 224 valence electrons. The maximum atomic E-state index is 13.2. The summed E-state index contributed by atoms with van der Waals surface area (Å²) in [5.41, 5.74) is 1.61. The highest BCUT2D eigenvalue weighted by Crippen LogP contribution is 2.32. The standard InChI is InChI=1S/C30H32ClFN2O7S/c1-39-26-10-12-27(13-11-26)42(37,38)34(14-16-35)15-17-40-29-19-23(22-4-6-24(31)7-5-22)18-28(41-29)30(36)33-20-21-2-8-25(32)9-3-21/h2-13,18,23,29,35H,14-17,19-20H2,1H3,(H,33,36)/t23-,29+/m0/s1. The zero-order chi connectivity index (χ0) is 30.1. The van der Waals surface area contributed by atoms with Gasteiger partial charge in [-0.3, -0.25) is 4.79 Å². The number of nitrogens with zero attached hydrogens (tertiary/aromatic N) is 1. The second-order valence-electron chi connectivity index (χ2n) is 9.46. The van der Waals surface area contributed by atoms with Crippen LogP contribution in [0.25, 0.3) is 0 Å². The molecule has 42 heavy (non-hydrogen) atoms. The lowest BCUT2D eigenvalue weighted by Gasteiger charge is -2.30. The van der Waals surface area contributed by atoms with Gasteiger partial charge in [0, 0.05) is 37.0 Å². The number of aliphatic hydroxyl groups is 1. The van der Waals surface area contributed by atoms with E-state index in [1.54, 1.807) is 42.5 Å². The minimum Gasteiger partial charge on any atom is -0.497 e. The Labute approximate surface area is 249 Å². The van der Waals surface area contributed by atoms with Crippen molar-refractivity contribution in [2.45, 2.75) is 30.1 Å². The molecule has 9 nitrogen and oxygen atoms in total. The lowest BCUT2D eigenvalue weighted by atomic mass is 9.93. The quantitative estimate of drug-likeness (QED) is 0.295. The smallest absolute Gasteiger partial charge is 0.286 e. The molecule has 0 saturated carbocycles. The lowest BCUT2D eigenvalue weighted by Crippen LogP contribution is -2.38. The molecule has 2 N–H and O–H groups in total. The van der Waals surface area contributed by atoms with E-state index in [0.717, 1.165) is 9.87 Å². The van der Waals surface area contributed by atoms with Crippen molar-refractivity contribution >= 4 is 27.5 Å². The summed E-state index contributed by atoms with van der Waals surface area (Å²) in [5, 5.41) is 12.9. The van der Waals surface area contributed by atoms with Gasteiger partial charge in [0.25, 0.3) is 5.91 Å². The van der Waals surface area contributed by atoms with Gasteiger partial charge >= 0.3 is 0 Å². The number of hydrogen-bond acceptors (Lipinski definition) is 7. The van der Waals surface area contributed by atoms with Crippen LogP contribution < -0.4 is 10.1 Å². The van der Waals surface area contributed by atoms with E-state index in [1.165, 1.54) is 31.4 Å². The number of carbonyl (C=O) groups excluding carboxylic acids is 1. The molecule has 1 aliphatic rings. The zero-order valence-corrected chi connectivity index (χ0v) is 24.5. The number of ether oxygens (including phenoxy) is 3. The van der Waals surface area contributed by atoms with E-state index < -0.39 is 22.2 Å². The van der Waals surface area contributed by atoms with Crippen LogP contribution in [0.3, 0.4) is 0 Å². The number of hydrogen-bond donors (Lipinski definition) is 2. The van der Waals surface area contributed by atoms with Gasteiger partial charge in [-0.25, -0.2) is 12.8 Å². The SMILES string of the molecule is COc1ccc(S(=O)(=O)N(CCO)CCO[C@H]2C[C@@H](c3ccc(Cl)cc3)C=C(C(=O)NCc3ccc(F)cc3)O2)cc1. The first kappa shape index (κ1) is 31.5. The fourth-order valence-corrected chi connectivity index (χ4v) is 5.92. The van der Waals surface area contributed by atoms with Crippen molar-refractivity contribution in [2.24, 2.45) is 0 Å². The maximum absolute atomic E-state index is 13.2. The predicted octanol–water partition coefficient (Wildman–Crippen LogP) is 4.22. The molecule has 4 rings (SSSR count). The third-order valence-electron chi connectivity index (χ3n) is 6.64.